The molecule has 0 aliphatic carbocycles. The number of aromatic nitrogens is 4. The number of H-pyrrole nitrogens is 1. The summed E-state index contributed by atoms with van der Waals surface area (Å²) >= 11 is 0. The van der Waals surface area contributed by atoms with Crippen molar-refractivity contribution in [1.29, 1.82) is 0 Å². The van der Waals surface area contributed by atoms with Gasteiger partial charge in [-0.2, -0.15) is 5.21 Å². The summed E-state index contributed by atoms with van der Waals surface area (Å²) in [6, 6.07) is 19.8. The molecule has 19 nitrogen and oxygen atoms in total. The van der Waals surface area contributed by atoms with Crippen LogP contribution in [0.25, 0.3) is 22.5 Å². The van der Waals surface area contributed by atoms with E-state index in [1.807, 2.05) is 101 Å². The molecule has 4 amide bonds. The predicted molar refractivity (Wildman–Crippen MR) is 287 cm³/mol. The first-order chi connectivity index (χ1) is 36.3. The number of amides is 4. The van der Waals surface area contributed by atoms with E-state index in [1.165, 1.54) is 4.90 Å². The third kappa shape index (κ3) is 16.7. The summed E-state index contributed by atoms with van der Waals surface area (Å²) in [5, 5.41) is 17.5. The summed E-state index contributed by atoms with van der Waals surface area (Å²) in [5.41, 5.74) is 9.08. The van der Waals surface area contributed by atoms with Gasteiger partial charge in [0.2, 0.25) is 30.3 Å². The molecule has 0 radical (unpaired) electrons. The minimum Gasteiger partial charge on any atom is -0.493 e. The Kier molecular flexibility index (Phi) is 23.0. The Morgan fingerprint density at radius 1 is 0.868 bits per heavy atom. The number of unbranched alkanes of at least 4 members (excludes halogenated alkanes) is 1. The lowest BCUT2D eigenvalue weighted by Gasteiger charge is -2.33. The molecule has 0 spiro atoms. The average molecular weight is 1060 g/mol. The first-order valence-electron chi connectivity index (χ1n) is 26.6. The van der Waals surface area contributed by atoms with Crippen molar-refractivity contribution in [2.24, 2.45) is 40.7 Å². The number of hydrogen-bond donors (Lipinski definition) is 3. The van der Waals surface area contributed by atoms with E-state index in [1.54, 1.807) is 33.0 Å². The maximum atomic E-state index is 14.3. The van der Waals surface area contributed by atoms with E-state index in [9.17, 15) is 24.0 Å². The zero-order chi connectivity index (χ0) is 55.5. The molecule has 19 heteroatoms. The van der Waals surface area contributed by atoms with Gasteiger partial charge in [-0.05, 0) is 103 Å². The first kappa shape index (κ1) is 60.3. The number of benzene rings is 3. The number of primary amides is 1. The summed E-state index contributed by atoms with van der Waals surface area (Å²) in [4.78, 5) is 71.6. The van der Waals surface area contributed by atoms with Gasteiger partial charge in [-0.1, -0.05) is 109 Å². The summed E-state index contributed by atoms with van der Waals surface area (Å²) in [7, 11) is 3.25. The topological polar surface area (TPSA) is 240 Å². The van der Waals surface area contributed by atoms with Gasteiger partial charge in [0.05, 0.1) is 31.3 Å². The lowest BCUT2D eigenvalue weighted by Crippen LogP contribution is -2.49. The number of carbonyl (C=O) groups excluding carboxylic acids is 5. The van der Waals surface area contributed by atoms with Crippen LogP contribution in [-0.4, -0.2) is 126 Å². The Morgan fingerprint density at radius 2 is 1.58 bits per heavy atom. The lowest BCUT2D eigenvalue weighted by atomic mass is 9.80. The molecule has 1 aromatic heterocycles. The molecule has 4 N–H and O–H groups in total. The number of tetrazole rings is 1. The average Bonchev–Trinajstić information content (AvgIpc) is 4.08. The van der Waals surface area contributed by atoms with Gasteiger partial charge in [0, 0.05) is 51.1 Å². The summed E-state index contributed by atoms with van der Waals surface area (Å²) in [6.45, 7) is 17.6. The Morgan fingerprint density at radius 3 is 2.20 bits per heavy atom. The van der Waals surface area contributed by atoms with E-state index in [2.05, 4.69) is 39.8 Å². The van der Waals surface area contributed by atoms with Crippen molar-refractivity contribution < 1.29 is 52.4 Å². The number of esters is 1. The molecule has 1 aliphatic heterocycles. The number of nitrogens with one attached hydrogen (secondary N) is 2. The fourth-order valence-corrected chi connectivity index (χ4v) is 9.36. The number of ether oxygens (including phenoxy) is 6. The SMILES string of the molecule is CCCCC(=O)N(Cc1ccc(-c2ccccc2-c2nn[nH]n2)cc1)[C@@H](C(=O)OCOC(=O)N1CO[C@@H](C[C@H](C(=O)NCC(C)(C)C(N)=O)C(C)C)[C@@H]1C[C@H](Cc1ccc(OC)c(OCCCOC)c1)C(C)C)C(C)C. The van der Waals surface area contributed by atoms with Crippen LogP contribution in [0.15, 0.2) is 66.7 Å². The molecule has 3 aromatic carbocycles. The van der Waals surface area contributed by atoms with E-state index >= 15 is 0 Å². The zero-order valence-electron chi connectivity index (χ0n) is 46.5. The van der Waals surface area contributed by atoms with Crippen LogP contribution in [0.3, 0.4) is 0 Å². The number of hydrogen-bond acceptors (Lipinski definition) is 14. The number of aromatic amines is 1. The standard InChI is InChI=1S/C57H82N8O11/c1-12-13-19-50(66)64(32-39-20-23-41(24-21-39)43-17-14-15-18-44(43)52-60-62-63-61-52)51(38(6)7)54(68)75-35-76-56(70)65-34-74-48(31-45(37(4)5)53(67)59-33-57(8,9)55(58)69)46(65)30-42(36(2)3)28-40-22-25-47(72-11)49(29-40)73-27-16-26-71-10/h14-15,17-18,20-25,29,36-38,42,45-46,48,51H,12-13,16,19,26-28,30-35H2,1-11H3,(H2,58,69)(H,59,67)(H,60,61,62,63)/t42-,45-,46-,48-,51+/m0/s1. The fraction of sp³-hybridized carbons (Fsp3) is 0.579. The molecule has 76 heavy (non-hydrogen) atoms. The number of carbonyl (C=O) groups is 5. The normalized spacial score (nSPS) is 15.8. The van der Waals surface area contributed by atoms with E-state index in [0.717, 1.165) is 34.2 Å². The van der Waals surface area contributed by atoms with Crippen LogP contribution in [0.1, 0.15) is 112 Å². The monoisotopic (exact) mass is 1050 g/mol. The quantitative estimate of drug-likeness (QED) is 0.0253. The highest BCUT2D eigenvalue weighted by Crippen LogP contribution is 2.37. The molecule has 0 saturated carbocycles. The first-order valence-corrected chi connectivity index (χ1v) is 26.6. The molecular formula is C57H82N8O11. The number of nitrogens with two attached hydrogens (primary N) is 1. The maximum Gasteiger partial charge on any atom is 0.414 e. The van der Waals surface area contributed by atoms with Crippen LogP contribution < -0.4 is 20.5 Å². The lowest BCUT2D eigenvalue weighted by molar-refractivity contribution is -0.165. The molecule has 5 atom stereocenters. The van der Waals surface area contributed by atoms with Crippen LogP contribution in [0.2, 0.25) is 0 Å². The molecule has 416 valence electrons. The Balaban J connectivity index is 1.35. The number of nitrogens with zero attached hydrogens (tertiary/aromatic N) is 5. The van der Waals surface area contributed by atoms with Crippen molar-refractivity contribution >= 4 is 29.8 Å². The third-order valence-corrected chi connectivity index (χ3v) is 14.2. The highest BCUT2D eigenvalue weighted by atomic mass is 16.7. The van der Waals surface area contributed by atoms with Gasteiger partial charge < -0.3 is 44.4 Å². The molecular weight excluding hydrogens is 973 g/mol. The molecule has 1 saturated heterocycles. The molecule has 0 bridgehead atoms. The molecule has 1 aliphatic rings. The van der Waals surface area contributed by atoms with Crippen molar-refractivity contribution in [1.82, 2.24) is 35.7 Å². The van der Waals surface area contributed by atoms with E-state index in [0.29, 0.717) is 56.2 Å². The fourth-order valence-electron chi connectivity index (χ4n) is 9.36. The van der Waals surface area contributed by atoms with Crippen LogP contribution in [0.4, 0.5) is 4.79 Å². The zero-order valence-corrected chi connectivity index (χ0v) is 46.5. The predicted octanol–water partition coefficient (Wildman–Crippen LogP) is 8.36. The molecule has 4 aromatic rings. The number of rotatable bonds is 30. The summed E-state index contributed by atoms with van der Waals surface area (Å²) in [6.07, 6.45) is 2.39. The van der Waals surface area contributed by atoms with Gasteiger partial charge in [0.1, 0.15) is 12.8 Å². The maximum absolute atomic E-state index is 14.3. The summed E-state index contributed by atoms with van der Waals surface area (Å²) < 4.78 is 34.9. The third-order valence-electron chi connectivity index (χ3n) is 14.2. The van der Waals surface area contributed by atoms with Crippen molar-refractivity contribution in [2.45, 2.75) is 132 Å². The minimum absolute atomic E-state index is 0.00602. The van der Waals surface area contributed by atoms with E-state index in [-0.39, 0.29) is 68.1 Å². The second-order valence-corrected chi connectivity index (χ2v) is 21.3. The van der Waals surface area contributed by atoms with Gasteiger partial charge in [-0.25, -0.2) is 9.59 Å². The largest absolute Gasteiger partial charge is 0.493 e. The van der Waals surface area contributed by atoms with E-state index < -0.39 is 54.3 Å². The summed E-state index contributed by atoms with van der Waals surface area (Å²) in [5.74, 6) is -0.890. The van der Waals surface area contributed by atoms with Crippen molar-refractivity contribution in [3.05, 3.63) is 77.9 Å². The van der Waals surface area contributed by atoms with Crippen LogP contribution in [-0.2, 0) is 51.1 Å². The van der Waals surface area contributed by atoms with Crippen LogP contribution >= 0.6 is 0 Å². The van der Waals surface area contributed by atoms with Gasteiger partial charge in [0.15, 0.2) is 11.5 Å². The van der Waals surface area contributed by atoms with Gasteiger partial charge in [-0.3, -0.25) is 19.3 Å². The number of methoxy groups -OCH3 is 2. The van der Waals surface area contributed by atoms with Gasteiger partial charge in [0.25, 0.3) is 0 Å². The molecule has 1 fully saturated rings. The molecule has 2 heterocycles. The second-order valence-electron chi connectivity index (χ2n) is 21.3. The highest BCUT2D eigenvalue weighted by molar-refractivity contribution is 5.85. The van der Waals surface area contributed by atoms with Crippen LogP contribution in [0, 0.1) is 35.0 Å². The van der Waals surface area contributed by atoms with Crippen LogP contribution in [0.5, 0.6) is 11.5 Å². The van der Waals surface area contributed by atoms with Gasteiger partial charge in [-0.15, -0.1) is 10.2 Å². The van der Waals surface area contributed by atoms with E-state index in [4.69, 9.17) is 34.2 Å². The molecule has 5 rings (SSSR count). The molecule has 0 unspecified atom stereocenters. The Bertz CT molecular complexity index is 2480. The smallest absolute Gasteiger partial charge is 0.414 e. The second kappa shape index (κ2) is 29.1. The van der Waals surface area contributed by atoms with Crippen molar-refractivity contribution in [3.8, 4) is 34.0 Å². The highest BCUT2D eigenvalue weighted by Gasteiger charge is 2.44. The Labute approximate surface area is 448 Å². The van der Waals surface area contributed by atoms with Crippen molar-refractivity contribution in [3.63, 3.8) is 0 Å². The Hall–Kier alpha value is -6.60. The minimum atomic E-state index is -0.998. The van der Waals surface area contributed by atoms with Gasteiger partial charge >= 0.3 is 12.1 Å². The van der Waals surface area contributed by atoms with Crippen molar-refractivity contribution in [2.75, 3.05) is 47.5 Å².